The van der Waals surface area contributed by atoms with E-state index in [2.05, 4.69) is 12.2 Å². The van der Waals surface area contributed by atoms with E-state index in [1.807, 2.05) is 25.6 Å². The first-order valence-electron chi connectivity index (χ1n) is 7.61. The molecule has 1 amide bonds. The second-order valence-corrected chi connectivity index (χ2v) is 7.20. The lowest BCUT2D eigenvalue weighted by Crippen LogP contribution is -2.40. The third kappa shape index (κ3) is 4.40. The molecule has 1 rings (SSSR count). The number of carboxylic acids is 1. The molecule has 0 bridgehead atoms. The molecule has 0 aromatic rings. The van der Waals surface area contributed by atoms with E-state index in [0.29, 0.717) is 18.1 Å². The Morgan fingerprint density at radius 1 is 1.25 bits per heavy atom. The zero-order valence-electron chi connectivity index (χ0n) is 12.8. The van der Waals surface area contributed by atoms with Crippen LogP contribution in [0.5, 0.6) is 0 Å². The number of rotatable bonds is 8. The fraction of sp³-hybridized carbons (Fsp3) is 0.867. The summed E-state index contributed by atoms with van der Waals surface area (Å²) in [6, 6.07) is 0.228. The Balaban J connectivity index is 2.49. The topological polar surface area (TPSA) is 66.4 Å². The summed E-state index contributed by atoms with van der Waals surface area (Å²) >= 11 is 1.95. The van der Waals surface area contributed by atoms with Gasteiger partial charge in [-0.3, -0.25) is 9.59 Å². The number of carbonyl (C=O) groups excluding carboxylic acids is 1. The van der Waals surface area contributed by atoms with Crippen LogP contribution in [0.15, 0.2) is 0 Å². The number of nitrogens with one attached hydrogen (secondary N) is 1. The molecule has 0 radical (unpaired) electrons. The first-order valence-corrected chi connectivity index (χ1v) is 8.66. The molecular weight excluding hydrogens is 274 g/mol. The average Bonchev–Trinajstić information content (AvgIpc) is 2.83. The SMILES string of the molecule is CCSC1CCC(NC(=O)CC(CC)(CC)C(=O)O)C1. The molecule has 2 unspecified atom stereocenters. The normalized spacial score (nSPS) is 22.8. The Kier molecular flexibility index (Phi) is 6.86. The summed E-state index contributed by atoms with van der Waals surface area (Å²) in [5.41, 5.74) is -0.903. The Bertz CT molecular complexity index is 342. The van der Waals surface area contributed by atoms with Gasteiger partial charge in [-0.2, -0.15) is 11.8 Å². The fourth-order valence-corrected chi connectivity index (χ4v) is 4.06. The van der Waals surface area contributed by atoms with Gasteiger partial charge in [-0.1, -0.05) is 20.8 Å². The van der Waals surface area contributed by atoms with E-state index in [9.17, 15) is 14.7 Å². The first-order chi connectivity index (χ1) is 9.47. The zero-order chi connectivity index (χ0) is 15.2. The van der Waals surface area contributed by atoms with Crippen molar-refractivity contribution in [1.29, 1.82) is 0 Å². The molecule has 1 saturated carbocycles. The summed E-state index contributed by atoms with van der Waals surface area (Å²) in [6.07, 6.45) is 4.26. The monoisotopic (exact) mass is 301 g/mol. The minimum absolute atomic E-state index is 0.0947. The molecule has 0 aromatic heterocycles. The molecule has 2 N–H and O–H groups in total. The highest BCUT2D eigenvalue weighted by molar-refractivity contribution is 7.99. The van der Waals surface area contributed by atoms with Crippen molar-refractivity contribution in [3.63, 3.8) is 0 Å². The molecule has 5 heteroatoms. The summed E-state index contributed by atoms with van der Waals surface area (Å²) in [5.74, 6) is 0.144. The molecule has 0 saturated heterocycles. The van der Waals surface area contributed by atoms with Crippen molar-refractivity contribution in [1.82, 2.24) is 5.32 Å². The lowest BCUT2D eigenvalue weighted by Gasteiger charge is -2.26. The van der Waals surface area contributed by atoms with Crippen LogP contribution in [-0.2, 0) is 9.59 Å². The highest BCUT2D eigenvalue weighted by Crippen LogP contribution is 2.32. The van der Waals surface area contributed by atoms with E-state index < -0.39 is 11.4 Å². The van der Waals surface area contributed by atoms with Crippen LogP contribution in [0.2, 0.25) is 0 Å². The van der Waals surface area contributed by atoms with Crippen molar-refractivity contribution >= 4 is 23.6 Å². The highest BCUT2D eigenvalue weighted by atomic mass is 32.2. The molecule has 1 aliphatic rings. The van der Waals surface area contributed by atoms with Gasteiger partial charge < -0.3 is 10.4 Å². The van der Waals surface area contributed by atoms with Crippen molar-refractivity contribution < 1.29 is 14.7 Å². The van der Waals surface area contributed by atoms with Gasteiger partial charge in [0, 0.05) is 17.7 Å². The number of hydrogen-bond donors (Lipinski definition) is 2. The van der Waals surface area contributed by atoms with Crippen LogP contribution in [0.1, 0.15) is 59.3 Å². The Morgan fingerprint density at radius 2 is 1.90 bits per heavy atom. The van der Waals surface area contributed by atoms with Gasteiger partial charge in [0.15, 0.2) is 0 Å². The first kappa shape index (κ1) is 17.3. The van der Waals surface area contributed by atoms with E-state index in [-0.39, 0.29) is 18.4 Å². The van der Waals surface area contributed by atoms with E-state index in [0.717, 1.165) is 25.0 Å². The molecular formula is C15H27NO3S. The number of carboxylic acid groups (broad SMARTS) is 1. The van der Waals surface area contributed by atoms with E-state index >= 15 is 0 Å². The van der Waals surface area contributed by atoms with Gasteiger partial charge in [0.2, 0.25) is 5.91 Å². The Labute approximate surface area is 126 Å². The number of carbonyl (C=O) groups is 2. The maximum Gasteiger partial charge on any atom is 0.310 e. The molecule has 0 aromatic carbocycles. The van der Waals surface area contributed by atoms with Crippen LogP contribution >= 0.6 is 11.8 Å². The third-order valence-corrected chi connectivity index (χ3v) is 5.69. The second-order valence-electron chi connectivity index (χ2n) is 5.62. The number of hydrogen-bond acceptors (Lipinski definition) is 3. The summed E-state index contributed by atoms with van der Waals surface area (Å²) in [5, 5.41) is 13.0. The van der Waals surface area contributed by atoms with Gasteiger partial charge in [-0.25, -0.2) is 0 Å². The van der Waals surface area contributed by atoms with Gasteiger partial charge in [0.1, 0.15) is 0 Å². The number of thioether (sulfide) groups is 1. The average molecular weight is 301 g/mol. The minimum atomic E-state index is -0.903. The summed E-state index contributed by atoms with van der Waals surface area (Å²) in [4.78, 5) is 23.5. The van der Waals surface area contributed by atoms with Crippen molar-refractivity contribution in [2.45, 2.75) is 70.6 Å². The quantitative estimate of drug-likeness (QED) is 0.723. The van der Waals surface area contributed by atoms with Crippen LogP contribution < -0.4 is 5.32 Å². The summed E-state index contributed by atoms with van der Waals surface area (Å²) < 4.78 is 0. The van der Waals surface area contributed by atoms with Crippen LogP contribution in [0, 0.1) is 5.41 Å². The van der Waals surface area contributed by atoms with Gasteiger partial charge in [0.25, 0.3) is 0 Å². The predicted molar refractivity (Wildman–Crippen MR) is 83.0 cm³/mol. The van der Waals surface area contributed by atoms with E-state index in [4.69, 9.17) is 0 Å². The van der Waals surface area contributed by atoms with Crippen LogP contribution in [0.3, 0.4) is 0 Å². The number of amides is 1. The van der Waals surface area contributed by atoms with Gasteiger partial charge in [-0.05, 0) is 37.9 Å². The van der Waals surface area contributed by atoms with Crippen molar-refractivity contribution in [2.75, 3.05) is 5.75 Å². The number of aliphatic carboxylic acids is 1. The fourth-order valence-electron chi connectivity index (χ4n) is 2.92. The molecule has 0 aliphatic heterocycles. The van der Waals surface area contributed by atoms with Crippen LogP contribution in [-0.4, -0.2) is 34.0 Å². The molecule has 4 nitrogen and oxygen atoms in total. The predicted octanol–water partition coefficient (Wildman–Crippen LogP) is 3.06. The summed E-state index contributed by atoms with van der Waals surface area (Å²) in [7, 11) is 0. The lowest BCUT2D eigenvalue weighted by molar-refractivity contribution is -0.152. The molecule has 2 atom stereocenters. The maximum absolute atomic E-state index is 12.1. The largest absolute Gasteiger partial charge is 0.481 e. The maximum atomic E-state index is 12.1. The standard InChI is InChI=1S/C15H27NO3S/c1-4-15(5-2,14(18)19)10-13(17)16-11-7-8-12(9-11)20-6-3/h11-12H,4-10H2,1-3H3,(H,16,17)(H,18,19). The molecule has 0 spiro atoms. The highest BCUT2D eigenvalue weighted by Gasteiger charge is 2.38. The molecule has 1 aliphatic carbocycles. The Morgan fingerprint density at radius 3 is 2.40 bits per heavy atom. The Hall–Kier alpha value is -0.710. The molecule has 0 heterocycles. The second kappa shape index (κ2) is 7.91. The van der Waals surface area contributed by atoms with Gasteiger partial charge in [-0.15, -0.1) is 0 Å². The van der Waals surface area contributed by atoms with Gasteiger partial charge in [0.05, 0.1) is 5.41 Å². The zero-order valence-corrected chi connectivity index (χ0v) is 13.6. The molecule has 20 heavy (non-hydrogen) atoms. The lowest BCUT2D eigenvalue weighted by atomic mass is 9.79. The van der Waals surface area contributed by atoms with E-state index in [1.54, 1.807) is 0 Å². The van der Waals surface area contributed by atoms with Gasteiger partial charge >= 0.3 is 5.97 Å². The van der Waals surface area contributed by atoms with Crippen LogP contribution in [0.25, 0.3) is 0 Å². The summed E-state index contributed by atoms with van der Waals surface area (Å²) in [6.45, 7) is 5.84. The minimum Gasteiger partial charge on any atom is -0.481 e. The molecule has 1 fully saturated rings. The third-order valence-electron chi connectivity index (χ3n) is 4.46. The van der Waals surface area contributed by atoms with Crippen molar-refractivity contribution in [3.8, 4) is 0 Å². The molecule has 116 valence electrons. The van der Waals surface area contributed by atoms with Crippen molar-refractivity contribution in [3.05, 3.63) is 0 Å². The van der Waals surface area contributed by atoms with Crippen molar-refractivity contribution in [2.24, 2.45) is 5.41 Å². The van der Waals surface area contributed by atoms with E-state index in [1.165, 1.54) is 0 Å². The smallest absolute Gasteiger partial charge is 0.310 e. The van der Waals surface area contributed by atoms with Crippen LogP contribution in [0.4, 0.5) is 0 Å².